The highest BCUT2D eigenvalue weighted by molar-refractivity contribution is 5.83. The number of fused-ring (bicyclic) bond motifs is 3. The number of rotatable bonds is 8. The Morgan fingerprint density at radius 2 is 1.10 bits per heavy atom. The summed E-state index contributed by atoms with van der Waals surface area (Å²) in [5, 5.41) is 6.01. The van der Waals surface area contributed by atoms with Gasteiger partial charge in [-0.05, 0) is 62.8 Å². The highest BCUT2D eigenvalue weighted by atomic mass is 16.2. The van der Waals surface area contributed by atoms with Gasteiger partial charge in [-0.3, -0.25) is 9.59 Å². The third-order valence-electron chi connectivity index (χ3n) is 5.63. The van der Waals surface area contributed by atoms with Crippen molar-refractivity contribution in [2.45, 2.75) is 70.9 Å². The normalized spacial score (nSPS) is 13.9. The van der Waals surface area contributed by atoms with Gasteiger partial charge in [0.05, 0.1) is 0 Å². The van der Waals surface area contributed by atoms with E-state index in [9.17, 15) is 9.59 Å². The maximum Gasteiger partial charge on any atom is 0.220 e. The largest absolute Gasteiger partial charge is 0.354 e. The molecule has 1 aliphatic carbocycles. The van der Waals surface area contributed by atoms with Crippen LogP contribution in [0.15, 0.2) is 48.5 Å². The zero-order valence-corrected chi connectivity index (χ0v) is 17.9. The van der Waals surface area contributed by atoms with Crippen molar-refractivity contribution in [2.75, 3.05) is 0 Å². The first-order valence-electron chi connectivity index (χ1n) is 10.6. The molecular weight excluding hydrogens is 360 g/mol. The van der Waals surface area contributed by atoms with Gasteiger partial charge in [-0.25, -0.2) is 0 Å². The molecule has 0 bridgehead atoms. The molecule has 4 nitrogen and oxygen atoms in total. The summed E-state index contributed by atoms with van der Waals surface area (Å²) < 4.78 is 0. The fraction of sp³-hybridized carbons (Fsp3) is 0.440. The molecule has 2 aromatic rings. The van der Waals surface area contributed by atoms with E-state index in [1.165, 1.54) is 22.3 Å². The minimum absolute atomic E-state index is 0.0628. The van der Waals surface area contributed by atoms with E-state index in [1.54, 1.807) is 0 Å². The van der Waals surface area contributed by atoms with Gasteiger partial charge in [0, 0.05) is 30.3 Å². The Kier molecular flexibility index (Phi) is 6.41. The maximum absolute atomic E-state index is 12.5. The van der Waals surface area contributed by atoms with Gasteiger partial charge in [0.1, 0.15) is 0 Å². The molecule has 0 saturated heterocycles. The first-order valence-corrected chi connectivity index (χ1v) is 10.6. The third kappa shape index (κ3) is 4.52. The van der Waals surface area contributed by atoms with Crippen LogP contribution in [0.4, 0.5) is 0 Å². The minimum Gasteiger partial charge on any atom is -0.354 e. The number of carbonyl (C=O) groups excluding carboxylic acids is 2. The predicted molar refractivity (Wildman–Crippen MR) is 118 cm³/mol. The van der Waals surface area contributed by atoms with Crippen LogP contribution in [0.2, 0.25) is 0 Å². The molecule has 0 atom stereocenters. The molecule has 0 unspecified atom stereocenters. The van der Waals surface area contributed by atoms with Crippen LogP contribution in [0, 0.1) is 0 Å². The highest BCUT2D eigenvalue weighted by Crippen LogP contribution is 2.53. The van der Waals surface area contributed by atoms with Crippen molar-refractivity contribution in [2.24, 2.45) is 0 Å². The van der Waals surface area contributed by atoms with Gasteiger partial charge in [0.15, 0.2) is 0 Å². The van der Waals surface area contributed by atoms with Crippen LogP contribution < -0.4 is 10.6 Å². The minimum atomic E-state index is -0.324. The Bertz CT molecular complexity index is 812. The molecule has 0 saturated carbocycles. The summed E-state index contributed by atoms with van der Waals surface area (Å²) in [6, 6.07) is 17.1. The Morgan fingerprint density at radius 1 is 0.724 bits per heavy atom. The van der Waals surface area contributed by atoms with E-state index in [4.69, 9.17) is 0 Å². The molecule has 2 aromatic carbocycles. The summed E-state index contributed by atoms with van der Waals surface area (Å²) in [6.45, 7) is 7.91. The van der Waals surface area contributed by atoms with Crippen molar-refractivity contribution >= 4 is 11.8 Å². The standard InChI is InChI=1S/C25H32N2O2/c1-17(2)26-23(28)13-15-25(16-14-24(29)27-18(3)4)21-11-7-5-9-19(21)20-10-6-8-12-22(20)25/h5-12,17-18H,13-16H2,1-4H3,(H,26,28)(H,27,29). The molecule has 0 fully saturated rings. The molecule has 2 N–H and O–H groups in total. The smallest absolute Gasteiger partial charge is 0.220 e. The topological polar surface area (TPSA) is 58.2 Å². The molecule has 1 aliphatic rings. The van der Waals surface area contributed by atoms with Crippen molar-refractivity contribution in [3.8, 4) is 11.1 Å². The number of hydrogen-bond acceptors (Lipinski definition) is 2. The van der Waals surface area contributed by atoms with E-state index >= 15 is 0 Å². The van der Waals surface area contributed by atoms with Gasteiger partial charge in [-0.15, -0.1) is 0 Å². The lowest BCUT2D eigenvalue weighted by atomic mass is 9.71. The van der Waals surface area contributed by atoms with Crippen LogP contribution in [0.5, 0.6) is 0 Å². The molecule has 0 aliphatic heterocycles. The second kappa shape index (κ2) is 8.81. The Balaban J connectivity index is 1.97. The number of benzene rings is 2. The molecular formula is C25H32N2O2. The molecule has 4 heteroatoms. The summed E-state index contributed by atoms with van der Waals surface area (Å²) in [5.41, 5.74) is 4.58. The number of nitrogens with one attached hydrogen (secondary N) is 2. The highest BCUT2D eigenvalue weighted by Gasteiger charge is 2.42. The second-order valence-electron chi connectivity index (χ2n) is 8.62. The molecule has 0 radical (unpaired) electrons. The predicted octanol–water partition coefficient (Wildman–Crippen LogP) is 4.56. The van der Waals surface area contributed by atoms with Crippen LogP contribution in [0.3, 0.4) is 0 Å². The van der Waals surface area contributed by atoms with Crippen LogP contribution >= 0.6 is 0 Å². The van der Waals surface area contributed by atoms with Crippen LogP contribution in [-0.4, -0.2) is 23.9 Å². The van der Waals surface area contributed by atoms with E-state index in [0.29, 0.717) is 25.7 Å². The van der Waals surface area contributed by atoms with E-state index in [1.807, 2.05) is 27.7 Å². The lowest BCUT2D eigenvalue weighted by Crippen LogP contribution is -2.35. The first kappa shape index (κ1) is 21.1. The van der Waals surface area contributed by atoms with Crippen LogP contribution in [-0.2, 0) is 15.0 Å². The number of amides is 2. The fourth-order valence-corrected chi connectivity index (χ4v) is 4.52. The van der Waals surface area contributed by atoms with Gasteiger partial charge in [0.25, 0.3) is 0 Å². The van der Waals surface area contributed by atoms with Gasteiger partial charge >= 0.3 is 0 Å². The molecule has 29 heavy (non-hydrogen) atoms. The number of carbonyl (C=O) groups is 2. The van der Waals surface area contributed by atoms with Crippen molar-refractivity contribution in [1.82, 2.24) is 10.6 Å². The van der Waals surface area contributed by atoms with Gasteiger partial charge < -0.3 is 10.6 Å². The summed E-state index contributed by atoms with van der Waals surface area (Å²) in [5.74, 6) is 0.126. The van der Waals surface area contributed by atoms with Crippen LogP contribution in [0.25, 0.3) is 11.1 Å². The molecule has 0 heterocycles. The first-order chi connectivity index (χ1) is 13.8. The van der Waals surface area contributed by atoms with Gasteiger partial charge in [0.2, 0.25) is 11.8 Å². The average Bonchev–Trinajstić information content (AvgIpc) is 2.95. The monoisotopic (exact) mass is 392 g/mol. The number of hydrogen-bond donors (Lipinski definition) is 2. The Morgan fingerprint density at radius 3 is 1.48 bits per heavy atom. The Labute approximate surface area is 174 Å². The van der Waals surface area contributed by atoms with E-state index < -0.39 is 0 Å². The SMILES string of the molecule is CC(C)NC(=O)CCC1(CCC(=O)NC(C)C)c2ccccc2-c2ccccc21. The average molecular weight is 393 g/mol. The van der Waals surface area contributed by atoms with Crippen molar-refractivity contribution in [3.05, 3.63) is 59.7 Å². The molecule has 2 amide bonds. The summed E-state index contributed by atoms with van der Waals surface area (Å²) in [6.07, 6.45) is 2.25. The van der Waals surface area contributed by atoms with Crippen molar-refractivity contribution in [1.29, 1.82) is 0 Å². The molecule has 154 valence electrons. The summed E-state index contributed by atoms with van der Waals surface area (Å²) >= 11 is 0. The lowest BCUT2D eigenvalue weighted by molar-refractivity contribution is -0.122. The second-order valence-corrected chi connectivity index (χ2v) is 8.62. The van der Waals surface area contributed by atoms with Crippen LogP contribution in [0.1, 0.15) is 64.5 Å². The van der Waals surface area contributed by atoms with E-state index in [2.05, 4.69) is 59.2 Å². The quantitative estimate of drug-likeness (QED) is 0.692. The zero-order chi connectivity index (χ0) is 21.0. The van der Waals surface area contributed by atoms with Gasteiger partial charge in [-0.2, -0.15) is 0 Å². The van der Waals surface area contributed by atoms with E-state index in [-0.39, 0.29) is 29.3 Å². The van der Waals surface area contributed by atoms with Crippen molar-refractivity contribution < 1.29 is 9.59 Å². The summed E-state index contributed by atoms with van der Waals surface area (Å²) in [7, 11) is 0. The maximum atomic E-state index is 12.5. The van der Waals surface area contributed by atoms with E-state index in [0.717, 1.165) is 0 Å². The van der Waals surface area contributed by atoms with Gasteiger partial charge in [-0.1, -0.05) is 48.5 Å². The molecule has 3 rings (SSSR count). The Hall–Kier alpha value is -2.62. The summed E-state index contributed by atoms with van der Waals surface area (Å²) in [4.78, 5) is 24.9. The molecule has 0 aromatic heterocycles. The zero-order valence-electron chi connectivity index (χ0n) is 17.9. The fourth-order valence-electron chi connectivity index (χ4n) is 4.52. The molecule has 0 spiro atoms. The third-order valence-corrected chi connectivity index (χ3v) is 5.63. The lowest BCUT2D eigenvalue weighted by Gasteiger charge is -2.32. The van der Waals surface area contributed by atoms with Crippen molar-refractivity contribution in [3.63, 3.8) is 0 Å².